The lowest BCUT2D eigenvalue weighted by Gasteiger charge is -2.20. The Labute approximate surface area is 123 Å². The minimum atomic E-state index is -0.0400. The Kier molecular flexibility index (Phi) is 4.83. The molecule has 2 N–H and O–H groups in total. The molecule has 19 heavy (non-hydrogen) atoms. The van der Waals surface area contributed by atoms with Gasteiger partial charge >= 0.3 is 0 Å². The van der Waals surface area contributed by atoms with E-state index < -0.39 is 0 Å². The molecule has 0 fully saturated rings. The fraction of sp³-hybridized carbons (Fsp3) is 0.200. The maximum absolute atomic E-state index is 9.47. The second kappa shape index (κ2) is 6.40. The van der Waals surface area contributed by atoms with Gasteiger partial charge in [0.25, 0.3) is 0 Å². The highest BCUT2D eigenvalue weighted by atomic mass is 35.5. The van der Waals surface area contributed by atoms with Gasteiger partial charge in [-0.15, -0.1) is 0 Å². The number of rotatable bonds is 4. The summed E-state index contributed by atoms with van der Waals surface area (Å²) in [7, 11) is 1.88. The number of hydrogen-bond acceptors (Lipinski definition) is 2. The molecule has 0 aliphatic heterocycles. The molecule has 100 valence electrons. The van der Waals surface area contributed by atoms with Gasteiger partial charge in [-0.05, 0) is 48.0 Å². The third-order valence-corrected chi connectivity index (χ3v) is 3.57. The van der Waals surface area contributed by atoms with Crippen LogP contribution < -0.4 is 5.32 Å². The number of benzene rings is 2. The maximum atomic E-state index is 9.47. The van der Waals surface area contributed by atoms with Crippen LogP contribution in [0.25, 0.3) is 0 Å². The van der Waals surface area contributed by atoms with Crippen molar-refractivity contribution >= 4 is 23.2 Å². The van der Waals surface area contributed by atoms with E-state index >= 15 is 0 Å². The third-order valence-electron chi connectivity index (χ3n) is 3.08. The zero-order valence-corrected chi connectivity index (χ0v) is 12.0. The van der Waals surface area contributed by atoms with Crippen LogP contribution in [0.3, 0.4) is 0 Å². The molecule has 0 aliphatic rings. The Bertz CT molecular complexity index is 555. The lowest BCUT2D eigenvalue weighted by molar-refractivity contribution is 0.280. The predicted molar refractivity (Wildman–Crippen MR) is 79.7 cm³/mol. The quantitative estimate of drug-likeness (QED) is 0.899. The van der Waals surface area contributed by atoms with Crippen molar-refractivity contribution in [3.63, 3.8) is 0 Å². The summed E-state index contributed by atoms with van der Waals surface area (Å²) in [4.78, 5) is 0. The molecular formula is C15H15Cl2NO. The van der Waals surface area contributed by atoms with Gasteiger partial charge in [0.15, 0.2) is 0 Å². The largest absolute Gasteiger partial charge is 0.392 e. The molecule has 2 nitrogen and oxygen atoms in total. The normalized spacial score (nSPS) is 12.4. The molecule has 0 aliphatic carbocycles. The first-order chi connectivity index (χ1) is 9.15. The molecule has 0 amide bonds. The highest BCUT2D eigenvalue weighted by Gasteiger charge is 2.15. The summed E-state index contributed by atoms with van der Waals surface area (Å²) < 4.78 is 0. The average molecular weight is 296 g/mol. The van der Waals surface area contributed by atoms with Gasteiger partial charge in [-0.25, -0.2) is 0 Å². The van der Waals surface area contributed by atoms with E-state index in [-0.39, 0.29) is 12.6 Å². The number of aliphatic hydroxyl groups excluding tert-OH is 1. The Morgan fingerprint density at radius 1 is 1.05 bits per heavy atom. The van der Waals surface area contributed by atoms with Crippen LogP contribution in [0.15, 0.2) is 42.5 Å². The van der Waals surface area contributed by atoms with E-state index in [1.807, 2.05) is 43.4 Å². The van der Waals surface area contributed by atoms with E-state index in [2.05, 4.69) is 5.32 Å². The van der Waals surface area contributed by atoms with Gasteiger partial charge in [-0.3, -0.25) is 0 Å². The lowest BCUT2D eigenvalue weighted by atomic mass is 9.95. The minimum Gasteiger partial charge on any atom is -0.392 e. The Morgan fingerprint density at radius 3 is 2.26 bits per heavy atom. The minimum absolute atomic E-state index is 0.00307. The molecule has 0 aromatic heterocycles. The Balaban J connectivity index is 2.44. The SMILES string of the molecule is CNC(c1ccc(Cl)cc1)c1ccc(Cl)cc1CO. The van der Waals surface area contributed by atoms with Crippen LogP contribution >= 0.6 is 23.2 Å². The van der Waals surface area contributed by atoms with Gasteiger partial charge < -0.3 is 10.4 Å². The molecule has 0 saturated heterocycles. The lowest BCUT2D eigenvalue weighted by Crippen LogP contribution is -2.19. The van der Waals surface area contributed by atoms with Crippen LogP contribution in [0.4, 0.5) is 0 Å². The molecule has 2 rings (SSSR count). The van der Waals surface area contributed by atoms with Crippen molar-refractivity contribution in [3.8, 4) is 0 Å². The van der Waals surface area contributed by atoms with Crippen molar-refractivity contribution in [3.05, 3.63) is 69.2 Å². The van der Waals surface area contributed by atoms with Gasteiger partial charge in [0, 0.05) is 10.0 Å². The van der Waals surface area contributed by atoms with Crippen molar-refractivity contribution in [1.82, 2.24) is 5.32 Å². The predicted octanol–water partition coefficient (Wildman–Crippen LogP) is 3.79. The van der Waals surface area contributed by atoms with Crippen LogP contribution in [-0.4, -0.2) is 12.2 Å². The zero-order chi connectivity index (χ0) is 13.8. The molecule has 1 unspecified atom stereocenters. The summed E-state index contributed by atoms with van der Waals surface area (Å²) in [6, 6.07) is 13.2. The highest BCUT2D eigenvalue weighted by molar-refractivity contribution is 6.30. The van der Waals surface area contributed by atoms with E-state index in [9.17, 15) is 5.11 Å². The molecule has 0 saturated carbocycles. The summed E-state index contributed by atoms with van der Waals surface area (Å²) in [5.41, 5.74) is 2.92. The summed E-state index contributed by atoms with van der Waals surface area (Å²) in [6.07, 6.45) is 0. The van der Waals surface area contributed by atoms with E-state index in [4.69, 9.17) is 23.2 Å². The maximum Gasteiger partial charge on any atom is 0.0685 e. The molecule has 4 heteroatoms. The van der Waals surface area contributed by atoms with Crippen LogP contribution in [0.2, 0.25) is 10.0 Å². The highest BCUT2D eigenvalue weighted by Crippen LogP contribution is 2.28. The average Bonchev–Trinajstić information content (AvgIpc) is 2.43. The van der Waals surface area contributed by atoms with Crippen molar-refractivity contribution in [2.45, 2.75) is 12.6 Å². The number of hydrogen-bond donors (Lipinski definition) is 2. The zero-order valence-electron chi connectivity index (χ0n) is 10.5. The summed E-state index contributed by atoms with van der Waals surface area (Å²) in [5.74, 6) is 0. The third kappa shape index (κ3) is 3.28. The van der Waals surface area contributed by atoms with E-state index in [1.165, 1.54) is 0 Å². The standard InChI is InChI=1S/C15H15Cl2NO/c1-18-15(10-2-4-12(16)5-3-10)14-7-6-13(17)8-11(14)9-19/h2-8,15,18-19H,9H2,1H3. The van der Waals surface area contributed by atoms with E-state index in [1.54, 1.807) is 6.07 Å². The van der Waals surface area contributed by atoms with Crippen LogP contribution in [0, 0.1) is 0 Å². The number of halogens is 2. The molecular weight excluding hydrogens is 281 g/mol. The summed E-state index contributed by atoms with van der Waals surface area (Å²) in [5, 5.41) is 14.1. The second-order valence-corrected chi connectivity index (χ2v) is 5.15. The number of nitrogens with one attached hydrogen (secondary N) is 1. The van der Waals surface area contributed by atoms with Crippen molar-refractivity contribution in [2.75, 3.05) is 7.05 Å². The van der Waals surface area contributed by atoms with Crippen molar-refractivity contribution < 1.29 is 5.11 Å². The first-order valence-electron chi connectivity index (χ1n) is 5.97. The van der Waals surface area contributed by atoms with Crippen LogP contribution in [0.1, 0.15) is 22.7 Å². The molecule has 0 bridgehead atoms. The van der Waals surface area contributed by atoms with E-state index in [0.717, 1.165) is 16.7 Å². The van der Waals surface area contributed by atoms with Gasteiger partial charge in [0.1, 0.15) is 0 Å². The fourth-order valence-electron chi connectivity index (χ4n) is 2.15. The molecule has 2 aromatic rings. The fourth-order valence-corrected chi connectivity index (χ4v) is 2.47. The smallest absolute Gasteiger partial charge is 0.0685 e. The molecule has 0 heterocycles. The molecule has 2 aromatic carbocycles. The molecule has 0 spiro atoms. The first kappa shape index (κ1) is 14.4. The first-order valence-corrected chi connectivity index (χ1v) is 6.73. The summed E-state index contributed by atoms with van der Waals surface area (Å²) in [6.45, 7) is -0.0400. The monoisotopic (exact) mass is 295 g/mol. The molecule has 0 radical (unpaired) electrons. The van der Waals surface area contributed by atoms with Gasteiger partial charge in [0.2, 0.25) is 0 Å². The molecule has 1 atom stereocenters. The number of aliphatic hydroxyl groups is 1. The Hall–Kier alpha value is -1.06. The second-order valence-electron chi connectivity index (χ2n) is 4.27. The Morgan fingerprint density at radius 2 is 1.68 bits per heavy atom. The van der Waals surface area contributed by atoms with Gasteiger partial charge in [0.05, 0.1) is 12.6 Å². The van der Waals surface area contributed by atoms with E-state index in [0.29, 0.717) is 10.0 Å². The van der Waals surface area contributed by atoms with Crippen LogP contribution in [0.5, 0.6) is 0 Å². The van der Waals surface area contributed by atoms with Gasteiger partial charge in [-0.2, -0.15) is 0 Å². The topological polar surface area (TPSA) is 32.3 Å². The summed E-state index contributed by atoms with van der Waals surface area (Å²) >= 11 is 11.9. The van der Waals surface area contributed by atoms with Crippen LogP contribution in [-0.2, 0) is 6.61 Å². The van der Waals surface area contributed by atoms with Gasteiger partial charge in [-0.1, -0.05) is 41.4 Å². The van der Waals surface area contributed by atoms with Crippen molar-refractivity contribution in [1.29, 1.82) is 0 Å². The van der Waals surface area contributed by atoms with Crippen molar-refractivity contribution in [2.24, 2.45) is 0 Å².